The number of hydrogen-bond donors (Lipinski definition) is 1. The van der Waals surface area contributed by atoms with Crippen molar-refractivity contribution in [2.45, 2.75) is 78.8 Å². The number of carbonyl (C=O) groups excluding carboxylic acids is 3. The molecule has 3 amide bonds. The van der Waals surface area contributed by atoms with Gasteiger partial charge in [0.2, 0.25) is 11.8 Å². The molecular formula is C36H54N6O3. The summed E-state index contributed by atoms with van der Waals surface area (Å²) in [6.45, 7) is 14.4. The fourth-order valence-corrected chi connectivity index (χ4v) is 8.14. The smallest absolute Gasteiger partial charge is 0.257 e. The van der Waals surface area contributed by atoms with Gasteiger partial charge in [0.05, 0.1) is 24.2 Å². The highest BCUT2D eigenvalue weighted by Gasteiger charge is 2.62. The largest absolute Gasteiger partial charge is 0.352 e. The van der Waals surface area contributed by atoms with Crippen molar-refractivity contribution in [1.29, 1.82) is 0 Å². The summed E-state index contributed by atoms with van der Waals surface area (Å²) in [5.41, 5.74) is 1.31. The Morgan fingerprint density at radius 3 is 2.47 bits per heavy atom. The molecule has 1 N–H and O–H groups in total. The van der Waals surface area contributed by atoms with Gasteiger partial charge in [-0.15, -0.1) is 0 Å². The number of carbonyl (C=O) groups is 3. The second kappa shape index (κ2) is 12.9. The van der Waals surface area contributed by atoms with Crippen LogP contribution in [-0.4, -0.2) is 94.1 Å². The molecule has 1 spiro atoms. The first kappa shape index (κ1) is 31.8. The Balaban J connectivity index is 0.00000417. The van der Waals surface area contributed by atoms with Crippen molar-refractivity contribution in [2.24, 2.45) is 28.6 Å². The van der Waals surface area contributed by atoms with Gasteiger partial charge < -0.3 is 20.0 Å². The lowest BCUT2D eigenvalue weighted by Crippen LogP contribution is -2.65. The van der Waals surface area contributed by atoms with E-state index in [2.05, 4.69) is 43.0 Å². The third-order valence-corrected chi connectivity index (χ3v) is 11.1. The molecule has 6 rings (SSSR count). The maximum atomic E-state index is 14.1. The molecule has 0 bridgehead atoms. The molecule has 1 aliphatic carbocycles. The average Bonchev–Trinajstić information content (AvgIpc) is 3.32. The van der Waals surface area contributed by atoms with Crippen molar-refractivity contribution in [3.8, 4) is 0 Å². The van der Waals surface area contributed by atoms with Gasteiger partial charge in [0, 0.05) is 64.3 Å². The maximum Gasteiger partial charge on any atom is 0.257 e. The lowest BCUT2D eigenvalue weighted by atomic mass is 9.70. The van der Waals surface area contributed by atoms with Crippen LogP contribution in [0.1, 0.15) is 83.6 Å². The first-order valence-corrected chi connectivity index (χ1v) is 17.3. The molecule has 9 heteroatoms. The van der Waals surface area contributed by atoms with Crippen molar-refractivity contribution in [1.82, 2.24) is 29.8 Å². The molecule has 4 aliphatic rings. The normalized spacial score (nSPS) is 26.0. The van der Waals surface area contributed by atoms with Crippen LogP contribution in [0.3, 0.4) is 0 Å². The Labute approximate surface area is 270 Å². The van der Waals surface area contributed by atoms with Crippen LogP contribution in [0, 0.1) is 28.6 Å². The fourth-order valence-electron chi connectivity index (χ4n) is 8.14. The number of benzene rings is 1. The molecule has 1 unspecified atom stereocenters. The molecule has 0 radical (unpaired) electrons. The molecule has 1 aromatic heterocycles. The number of rotatable bonds is 11. The summed E-state index contributed by atoms with van der Waals surface area (Å²) >= 11 is 0. The molecule has 4 atom stereocenters. The number of likely N-dealkylation sites (tertiary alicyclic amines) is 3. The number of nitrogens with zero attached hydrogens (tertiary/aromatic N) is 5. The Morgan fingerprint density at radius 2 is 1.78 bits per heavy atom. The molecule has 4 fully saturated rings. The van der Waals surface area contributed by atoms with Crippen LogP contribution in [0.4, 0.5) is 0 Å². The lowest BCUT2D eigenvalue weighted by Gasteiger charge is -2.50. The monoisotopic (exact) mass is 618 g/mol. The molecule has 9 nitrogen and oxygen atoms in total. The fraction of sp³-hybridized carbons (Fsp3) is 0.667. The summed E-state index contributed by atoms with van der Waals surface area (Å²) in [6.07, 6.45) is 10.1. The number of amides is 3. The van der Waals surface area contributed by atoms with Gasteiger partial charge in [0.15, 0.2) is 0 Å². The van der Waals surface area contributed by atoms with E-state index in [-0.39, 0.29) is 42.4 Å². The summed E-state index contributed by atoms with van der Waals surface area (Å²) < 4.78 is 1.79. The topological polar surface area (TPSA) is 90.8 Å². The lowest BCUT2D eigenvalue weighted by molar-refractivity contribution is -0.151. The standard InChI is InChI=1S/C36H52N6O3.H2/c1-5-11-26(6-2)18-39-15-10-14-29(21-39)38-32(43)31-22-40(23-36(31)24-41(25-36)34(45)30-16-35(30,3)4)33(44)28-17-37-42(20-28)19-27-12-8-7-9-13-27;/h7-9,12-13,17,20,26,29-31H,5-6,10-11,14-16,18-19,21-25H2,1-4H3,(H,38,43);1H/t26?,29-,30+,31-;/m0./s1. The minimum Gasteiger partial charge on any atom is -0.352 e. The quantitative estimate of drug-likeness (QED) is 0.400. The zero-order valence-corrected chi connectivity index (χ0v) is 27.7. The van der Waals surface area contributed by atoms with E-state index in [9.17, 15) is 14.4 Å². The molecule has 2 aromatic rings. The zero-order valence-electron chi connectivity index (χ0n) is 27.7. The number of aromatic nitrogens is 2. The van der Waals surface area contributed by atoms with Crippen molar-refractivity contribution < 1.29 is 15.8 Å². The van der Waals surface area contributed by atoms with Crippen LogP contribution in [0.15, 0.2) is 42.7 Å². The van der Waals surface area contributed by atoms with E-state index in [1.54, 1.807) is 17.1 Å². The molecule has 246 valence electrons. The van der Waals surface area contributed by atoms with E-state index >= 15 is 0 Å². The molecular weight excluding hydrogens is 564 g/mol. The Morgan fingerprint density at radius 1 is 1.04 bits per heavy atom. The predicted octanol–water partition coefficient (Wildman–Crippen LogP) is 4.53. The summed E-state index contributed by atoms with van der Waals surface area (Å²) in [6, 6.07) is 10.2. The molecule has 3 saturated heterocycles. The van der Waals surface area contributed by atoms with Crippen molar-refractivity contribution in [3.63, 3.8) is 0 Å². The molecule has 4 heterocycles. The van der Waals surface area contributed by atoms with Crippen molar-refractivity contribution in [2.75, 3.05) is 45.8 Å². The highest BCUT2D eigenvalue weighted by Crippen LogP contribution is 2.54. The third kappa shape index (κ3) is 6.83. The van der Waals surface area contributed by atoms with Crippen LogP contribution in [0.2, 0.25) is 0 Å². The van der Waals surface area contributed by atoms with E-state index < -0.39 is 5.41 Å². The number of piperidine rings is 1. The number of nitrogens with one attached hydrogen (secondary N) is 1. The van der Waals surface area contributed by atoms with E-state index in [4.69, 9.17) is 0 Å². The first-order valence-electron chi connectivity index (χ1n) is 17.3. The Bertz CT molecular complexity index is 1370. The SMILES string of the molecule is CCCC(CC)CN1CCC[C@H](NC(=O)[C@@H]2CN(C(=O)c3cnn(Cc4ccccc4)c3)CC23CN(C(=O)[C@H]2CC2(C)C)C3)C1.[HH]. The third-order valence-electron chi connectivity index (χ3n) is 11.1. The van der Waals surface area contributed by atoms with E-state index in [1.165, 1.54) is 19.3 Å². The Kier molecular flexibility index (Phi) is 9.10. The second-order valence-corrected chi connectivity index (χ2v) is 15.1. The average molecular weight is 619 g/mol. The summed E-state index contributed by atoms with van der Waals surface area (Å²) in [7, 11) is 0. The molecule has 3 aliphatic heterocycles. The van der Waals surface area contributed by atoms with Gasteiger partial charge in [0.25, 0.3) is 5.91 Å². The predicted molar refractivity (Wildman–Crippen MR) is 176 cm³/mol. The summed E-state index contributed by atoms with van der Waals surface area (Å²) in [5, 5.41) is 7.88. The van der Waals surface area contributed by atoms with Crippen molar-refractivity contribution >= 4 is 17.7 Å². The van der Waals surface area contributed by atoms with Gasteiger partial charge in [-0.25, -0.2) is 0 Å². The highest BCUT2D eigenvalue weighted by atomic mass is 16.2. The zero-order chi connectivity index (χ0) is 31.8. The molecule has 1 saturated carbocycles. The Hall–Kier alpha value is -3.20. The van der Waals surface area contributed by atoms with E-state index in [1.807, 2.05) is 40.1 Å². The van der Waals surface area contributed by atoms with Gasteiger partial charge in [0.1, 0.15) is 0 Å². The molecule has 1 aromatic carbocycles. The van der Waals surface area contributed by atoms with Crippen molar-refractivity contribution in [3.05, 3.63) is 53.9 Å². The van der Waals surface area contributed by atoms with Crippen LogP contribution < -0.4 is 5.32 Å². The molecule has 45 heavy (non-hydrogen) atoms. The summed E-state index contributed by atoms with van der Waals surface area (Å²) in [4.78, 5) is 47.4. The highest BCUT2D eigenvalue weighted by molar-refractivity contribution is 5.95. The van der Waals surface area contributed by atoms with Gasteiger partial charge in [-0.05, 0) is 49.1 Å². The van der Waals surface area contributed by atoms with Gasteiger partial charge in [-0.3, -0.25) is 19.1 Å². The van der Waals surface area contributed by atoms with Gasteiger partial charge >= 0.3 is 0 Å². The minimum atomic E-state index is -0.406. The number of hydrogen-bond acceptors (Lipinski definition) is 5. The van der Waals surface area contributed by atoms with Crippen LogP contribution in [0.5, 0.6) is 0 Å². The van der Waals surface area contributed by atoms with Crippen LogP contribution in [0.25, 0.3) is 0 Å². The maximum absolute atomic E-state index is 14.1. The van der Waals surface area contributed by atoms with E-state index in [0.29, 0.717) is 44.2 Å². The van der Waals surface area contributed by atoms with E-state index in [0.717, 1.165) is 44.5 Å². The minimum absolute atomic E-state index is 0. The second-order valence-electron chi connectivity index (χ2n) is 15.1. The van der Waals surface area contributed by atoms with Crippen LogP contribution in [-0.2, 0) is 16.1 Å². The van der Waals surface area contributed by atoms with Crippen LogP contribution >= 0.6 is 0 Å². The van der Waals surface area contributed by atoms with Gasteiger partial charge in [-0.1, -0.05) is 70.9 Å². The summed E-state index contributed by atoms with van der Waals surface area (Å²) in [5.74, 6) is 0.589. The van der Waals surface area contributed by atoms with Gasteiger partial charge in [-0.2, -0.15) is 5.10 Å². The first-order chi connectivity index (χ1) is 21.6.